The highest BCUT2D eigenvalue weighted by Gasteiger charge is 1.74. The number of hydrogen-bond acceptors (Lipinski definition) is 0. The largest absolute Gasteiger partial charge is 0.216 e. The van der Waals surface area contributed by atoms with Crippen molar-refractivity contribution in [3.05, 3.63) is 35.9 Å². The van der Waals surface area contributed by atoms with Gasteiger partial charge >= 0.3 is 0 Å². The van der Waals surface area contributed by atoms with Crippen LogP contribution in [-0.2, 0) is 0 Å². The van der Waals surface area contributed by atoms with E-state index in [0.29, 0.717) is 6.33 Å². The number of hydrogen-bond donors (Lipinski definition) is 0. The highest BCUT2D eigenvalue weighted by Crippen LogP contribution is 2.06. The Morgan fingerprint density at radius 3 is 2.67 bits per heavy atom. The van der Waals surface area contributed by atoms with Gasteiger partial charge in [0, 0.05) is 0 Å². The van der Waals surface area contributed by atoms with Crippen molar-refractivity contribution in [1.29, 1.82) is 0 Å². The molecule has 0 heterocycles. The zero-order valence-corrected chi connectivity index (χ0v) is 6.50. The number of allylic oxidation sites excluding steroid dienone is 5. The van der Waals surface area contributed by atoms with E-state index in [0.717, 1.165) is 5.31 Å². The molecule has 0 amide bonds. The smallest absolute Gasteiger partial charge is 0.0873 e. The highest BCUT2D eigenvalue weighted by molar-refractivity contribution is 7.22. The molecular weight excluding hydrogens is 134 g/mol. The molecule has 0 aliphatic rings. The lowest BCUT2D eigenvalue weighted by atomic mass is 10.4. The third kappa shape index (κ3) is 5.45. The standard InChI is InChI=1S/C7H10FP/c1-2-3-4-7(9)5-6-8/h2-6H,9H2,1H3/b3-2-,6-5-,7-4+. The van der Waals surface area contributed by atoms with Gasteiger partial charge in [-0.25, -0.2) is 4.39 Å². The van der Waals surface area contributed by atoms with Gasteiger partial charge in [0.05, 0.1) is 6.33 Å². The summed E-state index contributed by atoms with van der Waals surface area (Å²) in [5, 5.41) is 0.829. The Kier molecular flexibility index (Phi) is 5.45. The number of rotatable bonds is 2. The van der Waals surface area contributed by atoms with E-state index in [4.69, 9.17) is 0 Å². The molecule has 0 aliphatic carbocycles. The summed E-state index contributed by atoms with van der Waals surface area (Å²) in [5.41, 5.74) is 0. The van der Waals surface area contributed by atoms with Crippen molar-refractivity contribution in [2.45, 2.75) is 6.92 Å². The Balaban J connectivity index is 3.84. The maximum absolute atomic E-state index is 11.4. The van der Waals surface area contributed by atoms with Crippen molar-refractivity contribution >= 4 is 9.24 Å². The Hall–Kier alpha value is -0.420. The fourth-order valence-electron chi connectivity index (χ4n) is 0.336. The van der Waals surface area contributed by atoms with Crippen LogP contribution in [0.5, 0.6) is 0 Å². The molecule has 0 aliphatic heterocycles. The van der Waals surface area contributed by atoms with Crippen LogP contribution in [-0.4, -0.2) is 0 Å². The molecule has 0 radical (unpaired) electrons. The van der Waals surface area contributed by atoms with Crippen LogP contribution in [0.1, 0.15) is 6.92 Å². The van der Waals surface area contributed by atoms with Gasteiger partial charge in [-0.15, -0.1) is 9.24 Å². The minimum Gasteiger partial charge on any atom is -0.216 e. The van der Waals surface area contributed by atoms with E-state index < -0.39 is 0 Å². The quantitative estimate of drug-likeness (QED) is 0.413. The van der Waals surface area contributed by atoms with E-state index in [1.807, 2.05) is 19.1 Å². The number of halogens is 1. The third-order valence-corrected chi connectivity index (χ3v) is 1.12. The van der Waals surface area contributed by atoms with E-state index in [1.54, 1.807) is 6.08 Å². The van der Waals surface area contributed by atoms with Crippen molar-refractivity contribution in [3.8, 4) is 0 Å². The zero-order chi connectivity index (χ0) is 7.11. The average molecular weight is 144 g/mol. The van der Waals surface area contributed by atoms with Crippen LogP contribution in [0.4, 0.5) is 4.39 Å². The van der Waals surface area contributed by atoms with Gasteiger partial charge in [0.15, 0.2) is 0 Å². The van der Waals surface area contributed by atoms with Gasteiger partial charge in [-0.2, -0.15) is 0 Å². The van der Waals surface area contributed by atoms with Gasteiger partial charge in [-0.1, -0.05) is 18.2 Å². The molecule has 9 heavy (non-hydrogen) atoms. The van der Waals surface area contributed by atoms with Gasteiger partial charge < -0.3 is 0 Å². The molecule has 0 fully saturated rings. The van der Waals surface area contributed by atoms with E-state index in [-0.39, 0.29) is 0 Å². The summed E-state index contributed by atoms with van der Waals surface area (Å²) in [6, 6.07) is 0. The minimum atomic E-state index is 0.516. The Bertz CT molecular complexity index is 145. The van der Waals surface area contributed by atoms with Gasteiger partial charge in [0.2, 0.25) is 0 Å². The molecular formula is C7H10FP. The van der Waals surface area contributed by atoms with Crippen molar-refractivity contribution in [3.63, 3.8) is 0 Å². The lowest BCUT2D eigenvalue weighted by Crippen LogP contribution is -1.56. The zero-order valence-electron chi connectivity index (χ0n) is 5.34. The summed E-state index contributed by atoms with van der Waals surface area (Å²) in [5.74, 6) is 0. The van der Waals surface area contributed by atoms with Crippen molar-refractivity contribution < 1.29 is 4.39 Å². The second-order valence-electron chi connectivity index (χ2n) is 1.49. The maximum atomic E-state index is 11.4. The van der Waals surface area contributed by atoms with E-state index in [9.17, 15) is 4.39 Å². The van der Waals surface area contributed by atoms with Crippen LogP contribution in [0, 0.1) is 0 Å². The SMILES string of the molecule is C\C=C/C=C(P)\C=C/F. The molecule has 1 atom stereocenters. The fraction of sp³-hybridized carbons (Fsp3) is 0.143. The monoisotopic (exact) mass is 144 g/mol. The van der Waals surface area contributed by atoms with Gasteiger partial charge in [-0.05, 0) is 18.3 Å². The van der Waals surface area contributed by atoms with Crippen molar-refractivity contribution in [2.24, 2.45) is 0 Å². The molecule has 0 bridgehead atoms. The van der Waals surface area contributed by atoms with E-state index in [2.05, 4.69) is 9.24 Å². The van der Waals surface area contributed by atoms with E-state index >= 15 is 0 Å². The summed E-state index contributed by atoms with van der Waals surface area (Å²) in [7, 11) is 2.41. The predicted molar refractivity (Wildman–Crippen MR) is 42.9 cm³/mol. The van der Waals surface area contributed by atoms with Crippen LogP contribution in [0.15, 0.2) is 35.9 Å². The van der Waals surface area contributed by atoms with Crippen LogP contribution < -0.4 is 0 Å². The molecule has 0 saturated carbocycles. The summed E-state index contributed by atoms with van der Waals surface area (Å²) in [4.78, 5) is 0. The van der Waals surface area contributed by atoms with Crippen LogP contribution in [0.25, 0.3) is 0 Å². The molecule has 0 aromatic heterocycles. The summed E-state index contributed by atoms with van der Waals surface area (Å²) in [6.07, 6.45) is 7.44. The normalized spacial score (nSPS) is 13.9. The summed E-state index contributed by atoms with van der Waals surface area (Å²) >= 11 is 0. The second kappa shape index (κ2) is 5.71. The maximum Gasteiger partial charge on any atom is 0.0873 e. The molecule has 0 N–H and O–H groups in total. The summed E-state index contributed by atoms with van der Waals surface area (Å²) < 4.78 is 11.4. The molecule has 0 aromatic carbocycles. The molecule has 0 aromatic rings. The van der Waals surface area contributed by atoms with E-state index in [1.165, 1.54) is 6.08 Å². The third-order valence-electron chi connectivity index (χ3n) is 0.737. The first-order valence-electron chi connectivity index (χ1n) is 2.66. The minimum absolute atomic E-state index is 0.516. The molecule has 2 heteroatoms. The lowest BCUT2D eigenvalue weighted by molar-refractivity contribution is 0.721. The van der Waals surface area contributed by atoms with Crippen LogP contribution in [0.2, 0.25) is 0 Å². The first-order valence-corrected chi connectivity index (χ1v) is 3.24. The van der Waals surface area contributed by atoms with Crippen LogP contribution >= 0.6 is 9.24 Å². The van der Waals surface area contributed by atoms with Crippen LogP contribution in [0.3, 0.4) is 0 Å². The summed E-state index contributed by atoms with van der Waals surface area (Å²) in [6.45, 7) is 1.91. The molecule has 0 rings (SSSR count). The van der Waals surface area contributed by atoms with Crippen molar-refractivity contribution in [1.82, 2.24) is 0 Å². The Morgan fingerprint density at radius 2 is 2.22 bits per heavy atom. The predicted octanol–water partition coefficient (Wildman–Crippen LogP) is 2.80. The molecule has 50 valence electrons. The van der Waals surface area contributed by atoms with Gasteiger partial charge in [-0.3, -0.25) is 0 Å². The first kappa shape index (κ1) is 8.58. The highest BCUT2D eigenvalue weighted by atomic mass is 31.0. The van der Waals surface area contributed by atoms with Gasteiger partial charge in [0.25, 0.3) is 0 Å². The molecule has 0 nitrogen and oxygen atoms in total. The van der Waals surface area contributed by atoms with Crippen molar-refractivity contribution in [2.75, 3.05) is 0 Å². The molecule has 1 unspecified atom stereocenters. The topological polar surface area (TPSA) is 0 Å². The Labute approximate surface area is 57.4 Å². The fourth-order valence-corrected chi connectivity index (χ4v) is 0.519. The average Bonchev–Trinajstić information content (AvgIpc) is 1.85. The molecule has 0 spiro atoms. The lowest BCUT2D eigenvalue weighted by Gasteiger charge is -1.82. The van der Waals surface area contributed by atoms with Gasteiger partial charge in [0.1, 0.15) is 0 Å². The Morgan fingerprint density at radius 1 is 1.56 bits per heavy atom. The first-order chi connectivity index (χ1) is 4.31. The molecule has 0 saturated heterocycles. The second-order valence-corrected chi connectivity index (χ2v) is 2.15.